The monoisotopic (exact) mass is 472 g/mol. The third kappa shape index (κ3) is 3.96. The van der Waals surface area contributed by atoms with Crippen LogP contribution in [0.25, 0.3) is 11.7 Å². The number of thioether (sulfide) groups is 1. The molecule has 2 aromatic rings. The molecule has 3 saturated heterocycles. The SMILES string of the molecule is Cc1cccn2c(=O)c(C=C3SC(=S)N(CC4CCCO4)C3=O)c(N3CCOCC3)nc12. The molecule has 1 amide bonds. The average Bonchev–Trinajstić information content (AvgIpc) is 3.41. The molecular weight excluding hydrogens is 448 g/mol. The number of ether oxygens (including phenoxy) is 2. The molecule has 5 heterocycles. The van der Waals surface area contributed by atoms with Gasteiger partial charge in [0.2, 0.25) is 0 Å². The Bertz CT molecular complexity index is 1170. The van der Waals surface area contributed by atoms with Crippen molar-refractivity contribution in [1.82, 2.24) is 14.3 Å². The number of hydrogen-bond donors (Lipinski definition) is 0. The van der Waals surface area contributed by atoms with Crippen LogP contribution in [0.5, 0.6) is 0 Å². The predicted molar refractivity (Wildman–Crippen MR) is 128 cm³/mol. The van der Waals surface area contributed by atoms with Crippen molar-refractivity contribution in [3.05, 3.63) is 44.7 Å². The third-order valence-electron chi connectivity index (χ3n) is 5.93. The molecule has 5 rings (SSSR count). The van der Waals surface area contributed by atoms with Crippen molar-refractivity contribution in [3.8, 4) is 0 Å². The number of carbonyl (C=O) groups is 1. The molecular formula is C22H24N4O4S2. The van der Waals surface area contributed by atoms with Crippen LogP contribution in [0.15, 0.2) is 28.0 Å². The van der Waals surface area contributed by atoms with Gasteiger partial charge in [0.25, 0.3) is 11.5 Å². The molecule has 2 aromatic heterocycles. The van der Waals surface area contributed by atoms with Gasteiger partial charge in [-0.25, -0.2) is 4.98 Å². The second-order valence-corrected chi connectivity index (χ2v) is 9.74. The molecule has 3 aliphatic heterocycles. The first-order chi connectivity index (χ1) is 15.5. The van der Waals surface area contributed by atoms with Gasteiger partial charge < -0.3 is 14.4 Å². The van der Waals surface area contributed by atoms with Crippen LogP contribution < -0.4 is 10.5 Å². The Morgan fingerprint density at radius 2 is 2.09 bits per heavy atom. The molecule has 0 N–H and O–H groups in total. The van der Waals surface area contributed by atoms with Gasteiger partial charge >= 0.3 is 0 Å². The number of morpholine rings is 1. The van der Waals surface area contributed by atoms with E-state index in [1.165, 1.54) is 16.2 Å². The van der Waals surface area contributed by atoms with Crippen molar-refractivity contribution in [2.45, 2.75) is 25.9 Å². The predicted octanol–water partition coefficient (Wildman–Crippen LogP) is 2.22. The summed E-state index contributed by atoms with van der Waals surface area (Å²) in [4.78, 5) is 35.6. The lowest BCUT2D eigenvalue weighted by atomic mass is 10.2. The van der Waals surface area contributed by atoms with Gasteiger partial charge in [0.15, 0.2) is 0 Å². The number of carbonyl (C=O) groups excluding carboxylic acids is 1. The zero-order valence-electron chi connectivity index (χ0n) is 17.8. The summed E-state index contributed by atoms with van der Waals surface area (Å²) in [5, 5.41) is 0. The standard InChI is InChI=1S/C22H24N4O4S2/c1-14-4-2-6-25-18(14)23-19(24-7-10-29-11-8-24)16(20(25)27)12-17-21(28)26(22(31)32-17)13-15-5-3-9-30-15/h2,4,6,12,15H,3,5,7-11,13H2,1H3. The largest absolute Gasteiger partial charge is 0.378 e. The maximum absolute atomic E-state index is 13.5. The summed E-state index contributed by atoms with van der Waals surface area (Å²) in [7, 11) is 0. The summed E-state index contributed by atoms with van der Waals surface area (Å²) in [6, 6.07) is 3.76. The second kappa shape index (κ2) is 8.93. The molecule has 3 aliphatic rings. The third-order valence-corrected chi connectivity index (χ3v) is 7.31. The highest BCUT2D eigenvalue weighted by Crippen LogP contribution is 2.34. The topological polar surface area (TPSA) is 76.4 Å². The molecule has 8 nitrogen and oxygen atoms in total. The minimum atomic E-state index is -0.204. The summed E-state index contributed by atoms with van der Waals surface area (Å²) >= 11 is 6.70. The number of nitrogens with zero attached hydrogens (tertiary/aromatic N) is 4. The van der Waals surface area contributed by atoms with Crippen molar-refractivity contribution in [2.75, 3.05) is 44.4 Å². The highest BCUT2D eigenvalue weighted by molar-refractivity contribution is 8.26. The zero-order valence-corrected chi connectivity index (χ0v) is 19.4. The minimum absolute atomic E-state index is 0.0108. The van der Waals surface area contributed by atoms with Gasteiger partial charge in [-0.3, -0.25) is 18.9 Å². The molecule has 0 spiro atoms. The van der Waals surface area contributed by atoms with Crippen LogP contribution in [0.3, 0.4) is 0 Å². The number of anilines is 1. The van der Waals surface area contributed by atoms with E-state index in [-0.39, 0.29) is 17.6 Å². The van der Waals surface area contributed by atoms with Gasteiger partial charge in [-0.05, 0) is 37.5 Å². The van der Waals surface area contributed by atoms with Crippen molar-refractivity contribution in [3.63, 3.8) is 0 Å². The number of amides is 1. The van der Waals surface area contributed by atoms with Gasteiger partial charge in [-0.2, -0.15) is 0 Å². The Labute approximate surface area is 195 Å². The van der Waals surface area contributed by atoms with E-state index in [9.17, 15) is 9.59 Å². The van der Waals surface area contributed by atoms with E-state index in [4.69, 9.17) is 26.7 Å². The maximum Gasteiger partial charge on any atom is 0.267 e. The number of fused-ring (bicyclic) bond motifs is 1. The Balaban J connectivity index is 1.57. The van der Waals surface area contributed by atoms with E-state index < -0.39 is 0 Å². The first kappa shape index (κ1) is 21.6. The fraction of sp³-hybridized carbons (Fsp3) is 0.455. The van der Waals surface area contributed by atoms with E-state index >= 15 is 0 Å². The van der Waals surface area contributed by atoms with Gasteiger partial charge in [0, 0.05) is 25.9 Å². The number of aryl methyl sites for hydroxylation is 1. The smallest absolute Gasteiger partial charge is 0.267 e. The number of aromatic nitrogens is 2. The van der Waals surface area contributed by atoms with Gasteiger partial charge in [-0.15, -0.1) is 0 Å². The molecule has 0 bridgehead atoms. The van der Waals surface area contributed by atoms with Crippen LogP contribution in [-0.4, -0.2) is 70.1 Å². The van der Waals surface area contributed by atoms with Gasteiger partial charge in [-0.1, -0.05) is 30.0 Å². The van der Waals surface area contributed by atoms with Gasteiger partial charge in [0.1, 0.15) is 15.8 Å². The highest BCUT2D eigenvalue weighted by Gasteiger charge is 2.35. The van der Waals surface area contributed by atoms with E-state index in [0.29, 0.717) is 59.1 Å². The zero-order chi connectivity index (χ0) is 22.2. The van der Waals surface area contributed by atoms with Crippen molar-refractivity contribution < 1.29 is 14.3 Å². The Hall–Kier alpha value is -2.27. The number of rotatable bonds is 4. The number of thiocarbonyl (C=S) groups is 1. The van der Waals surface area contributed by atoms with Crippen LogP contribution in [0.1, 0.15) is 24.0 Å². The van der Waals surface area contributed by atoms with E-state index in [1.807, 2.05) is 19.1 Å². The van der Waals surface area contributed by atoms with E-state index in [2.05, 4.69) is 4.90 Å². The molecule has 10 heteroatoms. The maximum atomic E-state index is 13.5. The molecule has 168 valence electrons. The lowest BCUT2D eigenvalue weighted by Gasteiger charge is -2.29. The molecule has 0 radical (unpaired) electrons. The second-order valence-electron chi connectivity index (χ2n) is 8.07. The van der Waals surface area contributed by atoms with E-state index in [1.54, 1.807) is 17.2 Å². The Morgan fingerprint density at radius 3 is 2.84 bits per heavy atom. The molecule has 0 saturated carbocycles. The quantitative estimate of drug-likeness (QED) is 0.495. The van der Waals surface area contributed by atoms with Crippen molar-refractivity contribution in [2.24, 2.45) is 0 Å². The lowest BCUT2D eigenvalue weighted by molar-refractivity contribution is -0.123. The minimum Gasteiger partial charge on any atom is -0.378 e. The summed E-state index contributed by atoms with van der Waals surface area (Å²) in [5.74, 6) is 0.397. The lowest BCUT2D eigenvalue weighted by Crippen LogP contribution is -2.39. The molecule has 1 unspecified atom stereocenters. The van der Waals surface area contributed by atoms with Crippen LogP contribution in [0.2, 0.25) is 0 Å². The normalized spacial score (nSPS) is 23.2. The molecule has 32 heavy (non-hydrogen) atoms. The number of hydrogen-bond acceptors (Lipinski definition) is 8. The summed E-state index contributed by atoms with van der Waals surface area (Å²) in [6.45, 7) is 5.50. The molecule has 0 aromatic carbocycles. The summed E-state index contributed by atoms with van der Waals surface area (Å²) < 4.78 is 13.2. The first-order valence-corrected chi connectivity index (χ1v) is 12.0. The fourth-order valence-electron chi connectivity index (χ4n) is 4.22. The Kier molecular flexibility index (Phi) is 6.02. The van der Waals surface area contributed by atoms with Crippen LogP contribution in [0.4, 0.5) is 5.82 Å². The van der Waals surface area contributed by atoms with Crippen LogP contribution in [-0.2, 0) is 14.3 Å². The van der Waals surface area contributed by atoms with Crippen LogP contribution in [0, 0.1) is 6.92 Å². The van der Waals surface area contributed by atoms with Crippen molar-refractivity contribution in [1.29, 1.82) is 0 Å². The van der Waals surface area contributed by atoms with Gasteiger partial charge in [0.05, 0.1) is 36.3 Å². The first-order valence-electron chi connectivity index (χ1n) is 10.7. The molecule has 0 aliphatic carbocycles. The molecule has 3 fully saturated rings. The molecule has 1 atom stereocenters. The Morgan fingerprint density at radius 1 is 1.28 bits per heavy atom. The van der Waals surface area contributed by atoms with Crippen molar-refractivity contribution >= 4 is 51.7 Å². The highest BCUT2D eigenvalue weighted by atomic mass is 32.2. The fourth-order valence-corrected chi connectivity index (χ4v) is 5.48. The van der Waals surface area contributed by atoms with E-state index in [0.717, 1.165) is 25.0 Å². The average molecular weight is 473 g/mol. The van der Waals surface area contributed by atoms with Crippen LogP contribution >= 0.6 is 24.0 Å². The summed E-state index contributed by atoms with van der Waals surface area (Å²) in [5.41, 5.74) is 1.72. The number of pyridine rings is 1. The summed E-state index contributed by atoms with van der Waals surface area (Å²) in [6.07, 6.45) is 5.30.